The smallest absolute Gasteiger partial charge is 0.218 e. The van der Waals surface area contributed by atoms with Gasteiger partial charge in [0.25, 0.3) is 0 Å². The van der Waals surface area contributed by atoms with E-state index in [1.54, 1.807) is 18.2 Å². The Labute approximate surface area is 150 Å². The molecule has 0 spiro atoms. The van der Waals surface area contributed by atoms with Crippen LogP contribution in [0.1, 0.15) is 10.4 Å². The fraction of sp³-hybridized carbons (Fsp3) is 0.500. The van der Waals surface area contributed by atoms with Crippen LogP contribution in [-0.2, 0) is 0 Å². The van der Waals surface area contributed by atoms with Crippen molar-refractivity contribution in [1.29, 1.82) is 0 Å². The lowest BCUT2D eigenvalue weighted by molar-refractivity contribution is -0.973. The van der Waals surface area contributed by atoms with Gasteiger partial charge in [-0.15, -0.1) is 0 Å². The molecule has 22 heavy (non-hydrogen) atoms. The van der Waals surface area contributed by atoms with Crippen molar-refractivity contribution in [2.24, 2.45) is 0 Å². The first-order valence-electron chi connectivity index (χ1n) is 7.03. The zero-order chi connectivity index (χ0) is 14.6. The van der Waals surface area contributed by atoms with Crippen molar-refractivity contribution < 1.29 is 26.3 Å². The van der Waals surface area contributed by atoms with E-state index in [-0.39, 0.29) is 22.8 Å². The quantitative estimate of drug-likeness (QED) is 0.459. The van der Waals surface area contributed by atoms with Gasteiger partial charge < -0.3 is 17.0 Å². The van der Waals surface area contributed by atoms with Gasteiger partial charge >= 0.3 is 0 Å². The lowest BCUT2D eigenvalue weighted by Crippen LogP contribution is -3.00. The van der Waals surface area contributed by atoms with Gasteiger partial charge in [0.1, 0.15) is 26.6 Å². The van der Waals surface area contributed by atoms with Gasteiger partial charge in [-0.1, -0.05) is 23.2 Å². The normalized spacial score (nSPS) is 35.3. The molecule has 5 nitrogen and oxygen atoms in total. The molecule has 0 aromatic heterocycles. The molecule has 4 bridgehead atoms. The number of carbonyl (C=O) groups excluding carboxylic acids is 1. The standard InChI is InChI=1S/C14H17Cl2N4O.BrH/c15-11-1-2-12(13(16)3-11)14(21)4-20-8-17-5-18(9-20)7-19(6-17)10-20;/h1-3H,4-10H2;1H/q+1;/p-1. The molecule has 4 aliphatic rings. The lowest BCUT2D eigenvalue weighted by Gasteiger charge is -2.60. The number of halogens is 3. The third-order valence-electron chi connectivity index (χ3n) is 4.41. The Morgan fingerprint density at radius 1 is 1.05 bits per heavy atom. The van der Waals surface area contributed by atoms with E-state index in [0.717, 1.165) is 44.5 Å². The topological polar surface area (TPSA) is 26.8 Å². The van der Waals surface area contributed by atoms with E-state index < -0.39 is 0 Å². The molecule has 0 aliphatic carbocycles. The first kappa shape index (κ1) is 16.6. The van der Waals surface area contributed by atoms with E-state index in [9.17, 15) is 4.79 Å². The van der Waals surface area contributed by atoms with E-state index in [1.165, 1.54) is 0 Å². The molecule has 1 aromatic carbocycles. The van der Waals surface area contributed by atoms with Crippen molar-refractivity contribution in [3.63, 3.8) is 0 Å². The first-order chi connectivity index (χ1) is 10.0. The highest BCUT2D eigenvalue weighted by atomic mass is 79.9. The van der Waals surface area contributed by atoms with Crippen LogP contribution in [0.3, 0.4) is 0 Å². The van der Waals surface area contributed by atoms with E-state index >= 15 is 0 Å². The van der Waals surface area contributed by atoms with E-state index in [4.69, 9.17) is 23.2 Å². The Morgan fingerprint density at radius 3 is 2.09 bits per heavy atom. The van der Waals surface area contributed by atoms with Crippen molar-refractivity contribution in [2.45, 2.75) is 0 Å². The van der Waals surface area contributed by atoms with E-state index in [1.807, 2.05) is 0 Å². The van der Waals surface area contributed by atoms with Crippen LogP contribution in [0.4, 0.5) is 0 Å². The number of Topliss-reactive ketones (excluding diaryl/α,β-unsaturated/α-hetero) is 1. The molecule has 4 aliphatic heterocycles. The SMILES string of the molecule is O=C(C[N+]12CN3CN(CN(C3)C1)C2)c1ccc(Cl)cc1Cl.[Br-]. The fourth-order valence-electron chi connectivity index (χ4n) is 3.91. The molecular formula is C14H17BrCl2N4O. The summed E-state index contributed by atoms with van der Waals surface area (Å²) in [5, 5.41) is 1.01. The second kappa shape index (κ2) is 6.02. The van der Waals surface area contributed by atoms with Crippen LogP contribution in [0.25, 0.3) is 0 Å². The van der Waals surface area contributed by atoms with E-state index in [2.05, 4.69) is 14.7 Å². The predicted octanol–water partition coefficient (Wildman–Crippen LogP) is -1.31. The van der Waals surface area contributed by atoms with Gasteiger partial charge in [-0.2, -0.15) is 0 Å². The molecule has 5 rings (SSSR count). The maximum atomic E-state index is 12.7. The summed E-state index contributed by atoms with van der Waals surface area (Å²) in [4.78, 5) is 19.9. The maximum absolute atomic E-state index is 12.7. The number of nitrogens with zero attached hydrogens (tertiary/aromatic N) is 4. The minimum atomic E-state index is 0. The minimum Gasteiger partial charge on any atom is -1.00 e. The molecule has 0 N–H and O–H groups in total. The second-order valence-corrected chi connectivity index (χ2v) is 7.25. The van der Waals surface area contributed by atoms with Gasteiger partial charge in [-0.3, -0.25) is 9.28 Å². The largest absolute Gasteiger partial charge is 1.00 e. The Morgan fingerprint density at radius 2 is 1.59 bits per heavy atom. The Balaban J connectivity index is 0.00000144. The van der Waals surface area contributed by atoms with Gasteiger partial charge in [0.05, 0.1) is 25.0 Å². The van der Waals surface area contributed by atoms with Crippen molar-refractivity contribution in [2.75, 3.05) is 46.6 Å². The average Bonchev–Trinajstić information content (AvgIpc) is 2.35. The molecule has 0 atom stereocenters. The molecule has 120 valence electrons. The monoisotopic (exact) mass is 406 g/mol. The highest BCUT2D eigenvalue weighted by molar-refractivity contribution is 6.36. The summed E-state index contributed by atoms with van der Waals surface area (Å²) in [6.45, 7) is 6.40. The van der Waals surface area contributed by atoms with Crippen molar-refractivity contribution in [3.8, 4) is 0 Å². The summed E-state index contributed by atoms with van der Waals surface area (Å²) < 4.78 is 0.789. The molecule has 4 heterocycles. The van der Waals surface area contributed by atoms with Gasteiger partial charge in [-0.05, 0) is 18.2 Å². The average molecular weight is 408 g/mol. The summed E-state index contributed by atoms with van der Waals surface area (Å²) in [7, 11) is 0. The molecule has 4 fully saturated rings. The molecular weight excluding hydrogens is 391 g/mol. The summed E-state index contributed by atoms with van der Waals surface area (Å²) in [5.74, 6) is 0.0993. The highest BCUT2D eigenvalue weighted by Gasteiger charge is 2.49. The summed E-state index contributed by atoms with van der Waals surface area (Å²) in [6.07, 6.45) is 0. The van der Waals surface area contributed by atoms with Gasteiger partial charge in [0.2, 0.25) is 5.78 Å². The van der Waals surface area contributed by atoms with Crippen LogP contribution in [0.2, 0.25) is 10.0 Å². The first-order valence-corrected chi connectivity index (χ1v) is 7.79. The van der Waals surface area contributed by atoms with Gasteiger partial charge in [0.15, 0.2) is 0 Å². The van der Waals surface area contributed by atoms with Crippen LogP contribution < -0.4 is 17.0 Å². The van der Waals surface area contributed by atoms with Crippen LogP contribution >= 0.6 is 23.2 Å². The minimum absolute atomic E-state index is 0. The van der Waals surface area contributed by atoms with Crippen LogP contribution in [0, 0.1) is 0 Å². The molecule has 1 aromatic rings. The second-order valence-electron chi connectivity index (χ2n) is 6.41. The predicted molar refractivity (Wildman–Crippen MR) is 80.6 cm³/mol. The highest BCUT2D eigenvalue weighted by Crippen LogP contribution is 2.30. The van der Waals surface area contributed by atoms with Crippen LogP contribution in [0.15, 0.2) is 18.2 Å². The Kier molecular flexibility index (Phi) is 4.55. The third-order valence-corrected chi connectivity index (χ3v) is 4.96. The number of hydrogen-bond donors (Lipinski definition) is 0. The number of quaternary nitrogens is 1. The summed E-state index contributed by atoms with van der Waals surface area (Å²) in [6, 6.07) is 5.10. The van der Waals surface area contributed by atoms with Gasteiger partial charge in [-0.25, -0.2) is 14.7 Å². The summed E-state index contributed by atoms with van der Waals surface area (Å²) in [5.41, 5.74) is 0.579. The Hall–Kier alpha value is -0.210. The lowest BCUT2D eigenvalue weighted by atomic mass is 10.1. The maximum Gasteiger partial charge on any atom is 0.218 e. The molecule has 0 amide bonds. The molecule has 8 heteroatoms. The number of hydrogen-bond acceptors (Lipinski definition) is 4. The fourth-order valence-corrected chi connectivity index (χ4v) is 4.43. The number of ketones is 1. The van der Waals surface area contributed by atoms with Crippen LogP contribution in [-0.4, -0.2) is 71.5 Å². The molecule has 4 saturated heterocycles. The van der Waals surface area contributed by atoms with Crippen molar-refractivity contribution >= 4 is 29.0 Å². The third kappa shape index (κ3) is 2.94. The number of benzene rings is 1. The van der Waals surface area contributed by atoms with Gasteiger partial charge in [0, 0.05) is 10.6 Å². The molecule has 0 radical (unpaired) electrons. The van der Waals surface area contributed by atoms with Crippen LogP contribution in [0.5, 0.6) is 0 Å². The Bertz CT molecular complexity index is 577. The number of rotatable bonds is 3. The van der Waals surface area contributed by atoms with Crippen molar-refractivity contribution in [3.05, 3.63) is 33.8 Å². The molecule has 0 unspecified atom stereocenters. The summed E-state index contributed by atoms with van der Waals surface area (Å²) >= 11 is 12.1. The van der Waals surface area contributed by atoms with E-state index in [0.29, 0.717) is 22.2 Å². The van der Waals surface area contributed by atoms with Crippen molar-refractivity contribution in [1.82, 2.24) is 14.7 Å². The zero-order valence-electron chi connectivity index (χ0n) is 12.0. The number of carbonyl (C=O) groups is 1. The molecule has 0 saturated carbocycles. The zero-order valence-corrected chi connectivity index (χ0v) is 15.1.